The van der Waals surface area contributed by atoms with E-state index in [9.17, 15) is 4.79 Å². The molecule has 1 saturated heterocycles. The van der Waals surface area contributed by atoms with Gasteiger partial charge >= 0.3 is 0 Å². The van der Waals surface area contributed by atoms with Crippen LogP contribution in [0.4, 0.5) is 0 Å². The SMILES string of the molecule is Cn1ncc(Br)c1C(=O)C1COCCO1. The highest BCUT2D eigenvalue weighted by Gasteiger charge is 2.27. The van der Waals surface area contributed by atoms with E-state index in [0.717, 1.165) is 0 Å². The Morgan fingerprint density at radius 1 is 1.67 bits per heavy atom. The summed E-state index contributed by atoms with van der Waals surface area (Å²) in [5.74, 6) is -0.0958. The van der Waals surface area contributed by atoms with Gasteiger partial charge in [0.25, 0.3) is 0 Å². The van der Waals surface area contributed by atoms with E-state index in [0.29, 0.717) is 30.0 Å². The van der Waals surface area contributed by atoms with Crippen LogP contribution in [-0.2, 0) is 16.5 Å². The van der Waals surface area contributed by atoms with E-state index in [-0.39, 0.29) is 5.78 Å². The van der Waals surface area contributed by atoms with Crippen LogP contribution in [0.1, 0.15) is 10.5 Å². The lowest BCUT2D eigenvalue weighted by Gasteiger charge is -2.21. The van der Waals surface area contributed by atoms with Crippen molar-refractivity contribution in [1.82, 2.24) is 9.78 Å². The Hall–Kier alpha value is -0.720. The zero-order valence-electron chi connectivity index (χ0n) is 8.27. The Morgan fingerprint density at radius 3 is 3.00 bits per heavy atom. The molecule has 5 nitrogen and oxygen atoms in total. The highest BCUT2D eigenvalue weighted by molar-refractivity contribution is 9.10. The van der Waals surface area contributed by atoms with Crippen molar-refractivity contribution in [2.75, 3.05) is 19.8 Å². The third kappa shape index (κ3) is 2.11. The molecule has 6 heteroatoms. The topological polar surface area (TPSA) is 53.4 Å². The van der Waals surface area contributed by atoms with Gasteiger partial charge in [-0.2, -0.15) is 5.10 Å². The summed E-state index contributed by atoms with van der Waals surface area (Å²) < 4.78 is 12.7. The number of aromatic nitrogens is 2. The van der Waals surface area contributed by atoms with Gasteiger partial charge < -0.3 is 9.47 Å². The third-order valence-corrected chi connectivity index (χ3v) is 2.82. The minimum absolute atomic E-state index is 0.0958. The van der Waals surface area contributed by atoms with Gasteiger partial charge in [0.15, 0.2) is 0 Å². The van der Waals surface area contributed by atoms with Gasteiger partial charge in [-0.15, -0.1) is 0 Å². The van der Waals surface area contributed by atoms with Gasteiger partial charge in [0.05, 0.1) is 30.5 Å². The summed E-state index contributed by atoms with van der Waals surface area (Å²) in [5, 5.41) is 3.98. The molecule has 1 aromatic rings. The second-order valence-corrected chi connectivity index (χ2v) is 4.12. The third-order valence-electron chi connectivity index (χ3n) is 2.24. The van der Waals surface area contributed by atoms with Crippen LogP contribution < -0.4 is 0 Å². The monoisotopic (exact) mass is 274 g/mol. The molecule has 1 unspecified atom stereocenters. The largest absolute Gasteiger partial charge is 0.376 e. The van der Waals surface area contributed by atoms with Gasteiger partial charge in [-0.05, 0) is 15.9 Å². The Labute approximate surface area is 95.5 Å². The number of Topliss-reactive ketones (excluding diaryl/α,β-unsaturated/α-hetero) is 1. The van der Waals surface area contributed by atoms with Gasteiger partial charge in [0, 0.05) is 7.05 Å². The molecule has 1 atom stereocenters. The molecule has 0 aromatic carbocycles. The molecule has 1 fully saturated rings. The highest BCUT2D eigenvalue weighted by Crippen LogP contribution is 2.18. The molecule has 0 N–H and O–H groups in total. The maximum atomic E-state index is 12.0. The Morgan fingerprint density at radius 2 is 2.47 bits per heavy atom. The zero-order chi connectivity index (χ0) is 10.8. The van der Waals surface area contributed by atoms with Gasteiger partial charge in [-0.1, -0.05) is 0 Å². The first-order chi connectivity index (χ1) is 7.20. The number of carbonyl (C=O) groups is 1. The van der Waals surface area contributed by atoms with Crippen LogP contribution in [0.3, 0.4) is 0 Å². The fraction of sp³-hybridized carbons (Fsp3) is 0.556. The predicted molar refractivity (Wildman–Crippen MR) is 55.8 cm³/mol. The van der Waals surface area contributed by atoms with Gasteiger partial charge in [0.2, 0.25) is 5.78 Å². The highest BCUT2D eigenvalue weighted by atomic mass is 79.9. The average molecular weight is 275 g/mol. The smallest absolute Gasteiger partial charge is 0.213 e. The maximum Gasteiger partial charge on any atom is 0.213 e. The van der Waals surface area contributed by atoms with Crippen LogP contribution in [-0.4, -0.2) is 41.5 Å². The molecule has 82 valence electrons. The predicted octanol–water partition coefficient (Wildman–Crippen LogP) is 0.781. The molecule has 0 spiro atoms. The quantitative estimate of drug-likeness (QED) is 0.748. The molecule has 2 rings (SSSR count). The maximum absolute atomic E-state index is 12.0. The van der Waals surface area contributed by atoms with Crippen molar-refractivity contribution >= 4 is 21.7 Å². The molecule has 1 aromatic heterocycles. The van der Waals surface area contributed by atoms with Crippen molar-refractivity contribution < 1.29 is 14.3 Å². The first-order valence-corrected chi connectivity index (χ1v) is 5.40. The average Bonchev–Trinajstić information content (AvgIpc) is 2.59. The summed E-state index contributed by atoms with van der Waals surface area (Å²) in [6.45, 7) is 1.33. The molecule has 2 heterocycles. The van der Waals surface area contributed by atoms with E-state index in [4.69, 9.17) is 9.47 Å². The molecular formula is C9H11BrN2O3. The number of halogens is 1. The van der Waals surface area contributed by atoms with Crippen molar-refractivity contribution in [3.05, 3.63) is 16.4 Å². The van der Waals surface area contributed by atoms with Crippen LogP contribution in [0, 0.1) is 0 Å². The summed E-state index contributed by atoms with van der Waals surface area (Å²) in [6.07, 6.45) is 1.09. The number of hydrogen-bond acceptors (Lipinski definition) is 4. The van der Waals surface area contributed by atoms with Crippen molar-refractivity contribution in [3.63, 3.8) is 0 Å². The number of aryl methyl sites for hydroxylation is 1. The molecule has 0 amide bonds. The second-order valence-electron chi connectivity index (χ2n) is 3.26. The standard InChI is InChI=1S/C9H11BrN2O3/c1-12-8(6(10)4-11-12)9(13)7-5-14-2-3-15-7/h4,7H,2-3,5H2,1H3. The van der Waals surface area contributed by atoms with Gasteiger partial charge in [-0.25, -0.2) is 0 Å². The Kier molecular flexibility index (Phi) is 3.18. The Bertz CT molecular complexity index is 352. The number of ether oxygens (including phenoxy) is 2. The van der Waals surface area contributed by atoms with E-state index in [1.807, 2.05) is 0 Å². The van der Waals surface area contributed by atoms with E-state index >= 15 is 0 Å². The molecule has 1 aliphatic rings. The van der Waals surface area contributed by atoms with Crippen molar-refractivity contribution in [2.45, 2.75) is 6.10 Å². The molecule has 0 bridgehead atoms. The number of nitrogens with zero attached hydrogens (tertiary/aromatic N) is 2. The first-order valence-electron chi connectivity index (χ1n) is 4.61. The number of rotatable bonds is 2. The minimum atomic E-state index is -0.509. The summed E-state index contributed by atoms with van der Waals surface area (Å²) in [4.78, 5) is 12.0. The van der Waals surface area contributed by atoms with Crippen molar-refractivity contribution in [1.29, 1.82) is 0 Å². The fourth-order valence-electron chi connectivity index (χ4n) is 1.48. The second kappa shape index (κ2) is 4.42. The number of hydrogen-bond donors (Lipinski definition) is 0. The zero-order valence-corrected chi connectivity index (χ0v) is 9.86. The number of ketones is 1. The van der Waals surface area contributed by atoms with Crippen LogP contribution in [0.2, 0.25) is 0 Å². The fourth-order valence-corrected chi connectivity index (χ4v) is 2.02. The summed E-state index contributed by atoms with van der Waals surface area (Å²) >= 11 is 3.28. The number of carbonyl (C=O) groups excluding carboxylic acids is 1. The molecule has 0 saturated carbocycles. The van der Waals surface area contributed by atoms with Crippen LogP contribution >= 0.6 is 15.9 Å². The van der Waals surface area contributed by atoms with Crippen LogP contribution in [0.25, 0.3) is 0 Å². The molecule has 0 aliphatic carbocycles. The molecule has 15 heavy (non-hydrogen) atoms. The van der Waals surface area contributed by atoms with Crippen LogP contribution in [0.15, 0.2) is 10.7 Å². The van der Waals surface area contributed by atoms with E-state index in [2.05, 4.69) is 21.0 Å². The summed E-state index contributed by atoms with van der Waals surface area (Å²) in [7, 11) is 1.72. The molecule has 1 aliphatic heterocycles. The van der Waals surface area contributed by atoms with Crippen molar-refractivity contribution in [3.8, 4) is 0 Å². The summed E-state index contributed by atoms with van der Waals surface area (Å²) in [6, 6.07) is 0. The molecular weight excluding hydrogens is 264 g/mol. The van der Waals surface area contributed by atoms with Gasteiger partial charge in [0.1, 0.15) is 11.8 Å². The lowest BCUT2D eigenvalue weighted by molar-refractivity contribution is -0.0722. The van der Waals surface area contributed by atoms with E-state index in [1.165, 1.54) is 4.68 Å². The summed E-state index contributed by atoms with van der Waals surface area (Å²) in [5.41, 5.74) is 0.519. The lowest BCUT2D eigenvalue weighted by atomic mass is 10.1. The van der Waals surface area contributed by atoms with Gasteiger partial charge in [-0.3, -0.25) is 9.48 Å². The normalized spacial score (nSPS) is 21.6. The Balaban J connectivity index is 2.19. The van der Waals surface area contributed by atoms with Crippen LogP contribution in [0.5, 0.6) is 0 Å². The minimum Gasteiger partial charge on any atom is -0.376 e. The van der Waals surface area contributed by atoms with Crippen molar-refractivity contribution in [2.24, 2.45) is 7.05 Å². The van der Waals surface area contributed by atoms with E-state index in [1.54, 1.807) is 13.2 Å². The van der Waals surface area contributed by atoms with E-state index < -0.39 is 6.10 Å². The first kappa shape index (κ1) is 10.8. The molecule has 0 radical (unpaired) electrons. The lowest BCUT2D eigenvalue weighted by Crippen LogP contribution is -2.36.